The Morgan fingerprint density at radius 2 is 2.06 bits per heavy atom. The van der Waals surface area contributed by atoms with Gasteiger partial charge in [0, 0.05) is 6.42 Å². The van der Waals surface area contributed by atoms with E-state index in [9.17, 15) is 4.79 Å². The number of carboxylic acid groups (broad SMARTS) is 1. The standard InChI is InChI=1S/C12H16O4/c1-2-8-4-3-5-10(12(15)16)9(8)6-7-11(13)14/h3-5,11,13-14H,2,6-7H2,1H3,(H,15,16). The van der Waals surface area contributed by atoms with E-state index in [1.807, 2.05) is 13.0 Å². The smallest absolute Gasteiger partial charge is 0.335 e. The lowest BCUT2D eigenvalue weighted by Gasteiger charge is -2.11. The van der Waals surface area contributed by atoms with Crippen molar-refractivity contribution in [3.63, 3.8) is 0 Å². The lowest BCUT2D eigenvalue weighted by atomic mass is 9.95. The van der Waals surface area contributed by atoms with E-state index < -0.39 is 12.3 Å². The van der Waals surface area contributed by atoms with Crippen molar-refractivity contribution in [3.8, 4) is 0 Å². The fraction of sp³-hybridized carbons (Fsp3) is 0.417. The number of aliphatic hydroxyl groups excluding tert-OH is 1. The highest BCUT2D eigenvalue weighted by molar-refractivity contribution is 5.89. The fourth-order valence-electron chi connectivity index (χ4n) is 1.73. The summed E-state index contributed by atoms with van der Waals surface area (Å²) in [5.41, 5.74) is 1.89. The molecule has 0 aromatic heterocycles. The number of benzene rings is 1. The Balaban J connectivity index is 3.04. The van der Waals surface area contributed by atoms with Gasteiger partial charge in [-0.05, 0) is 30.0 Å². The second kappa shape index (κ2) is 5.63. The minimum Gasteiger partial charge on any atom is -0.478 e. The molecular formula is C12H16O4. The molecule has 0 amide bonds. The van der Waals surface area contributed by atoms with Gasteiger partial charge in [0.1, 0.15) is 0 Å². The molecule has 3 N–H and O–H groups in total. The average molecular weight is 224 g/mol. The van der Waals surface area contributed by atoms with Crippen molar-refractivity contribution in [2.45, 2.75) is 32.5 Å². The number of hydrogen-bond acceptors (Lipinski definition) is 3. The molecule has 0 aliphatic carbocycles. The first-order valence-electron chi connectivity index (χ1n) is 5.26. The topological polar surface area (TPSA) is 77.8 Å². The Morgan fingerprint density at radius 1 is 1.38 bits per heavy atom. The molecule has 1 aromatic rings. The van der Waals surface area contributed by atoms with E-state index in [2.05, 4.69) is 0 Å². The molecule has 16 heavy (non-hydrogen) atoms. The average Bonchev–Trinajstić information content (AvgIpc) is 2.25. The van der Waals surface area contributed by atoms with E-state index in [4.69, 9.17) is 15.3 Å². The van der Waals surface area contributed by atoms with E-state index in [0.29, 0.717) is 12.0 Å². The molecule has 0 spiro atoms. The first kappa shape index (κ1) is 12.7. The van der Waals surface area contributed by atoms with Gasteiger partial charge in [0.05, 0.1) is 5.56 Å². The highest BCUT2D eigenvalue weighted by Gasteiger charge is 2.13. The molecule has 4 heteroatoms. The molecule has 0 heterocycles. The number of carbonyl (C=O) groups is 1. The molecule has 0 saturated heterocycles. The SMILES string of the molecule is CCc1cccc(C(=O)O)c1CCC(O)O. The molecule has 0 aliphatic rings. The van der Waals surface area contributed by atoms with Gasteiger partial charge in [0.25, 0.3) is 0 Å². The number of aliphatic hydroxyl groups is 2. The Hall–Kier alpha value is -1.39. The van der Waals surface area contributed by atoms with E-state index in [1.54, 1.807) is 12.1 Å². The Morgan fingerprint density at radius 3 is 2.56 bits per heavy atom. The summed E-state index contributed by atoms with van der Waals surface area (Å²) in [6, 6.07) is 5.12. The molecule has 0 radical (unpaired) electrons. The van der Waals surface area contributed by atoms with Gasteiger partial charge in [-0.25, -0.2) is 4.79 Å². The highest BCUT2D eigenvalue weighted by Crippen LogP contribution is 2.18. The summed E-state index contributed by atoms with van der Waals surface area (Å²) in [4.78, 5) is 11.0. The van der Waals surface area contributed by atoms with Crippen LogP contribution in [0.1, 0.15) is 34.8 Å². The quantitative estimate of drug-likeness (QED) is 0.656. The summed E-state index contributed by atoms with van der Waals surface area (Å²) in [6.45, 7) is 1.94. The predicted molar refractivity (Wildman–Crippen MR) is 59.3 cm³/mol. The molecule has 1 aromatic carbocycles. The van der Waals surface area contributed by atoms with Crippen molar-refractivity contribution in [2.75, 3.05) is 0 Å². The zero-order valence-electron chi connectivity index (χ0n) is 9.18. The third-order valence-corrected chi connectivity index (χ3v) is 2.54. The van der Waals surface area contributed by atoms with Crippen LogP contribution in [0.15, 0.2) is 18.2 Å². The summed E-state index contributed by atoms with van der Waals surface area (Å²) in [5, 5.41) is 26.7. The van der Waals surface area contributed by atoms with Crippen molar-refractivity contribution in [2.24, 2.45) is 0 Å². The summed E-state index contributed by atoms with van der Waals surface area (Å²) >= 11 is 0. The maximum Gasteiger partial charge on any atom is 0.335 e. The van der Waals surface area contributed by atoms with Gasteiger partial charge in [-0.3, -0.25) is 0 Å². The van der Waals surface area contributed by atoms with E-state index in [-0.39, 0.29) is 12.0 Å². The molecular weight excluding hydrogens is 208 g/mol. The van der Waals surface area contributed by atoms with Crippen molar-refractivity contribution < 1.29 is 20.1 Å². The minimum atomic E-state index is -1.40. The van der Waals surface area contributed by atoms with E-state index >= 15 is 0 Å². The van der Waals surface area contributed by atoms with Crippen LogP contribution in [0, 0.1) is 0 Å². The molecule has 0 saturated carbocycles. The van der Waals surface area contributed by atoms with Gasteiger partial charge in [-0.2, -0.15) is 0 Å². The zero-order valence-corrected chi connectivity index (χ0v) is 9.18. The van der Waals surface area contributed by atoms with Crippen molar-refractivity contribution in [1.82, 2.24) is 0 Å². The zero-order chi connectivity index (χ0) is 12.1. The van der Waals surface area contributed by atoms with Gasteiger partial charge in [-0.15, -0.1) is 0 Å². The minimum absolute atomic E-state index is 0.150. The van der Waals surface area contributed by atoms with Crippen LogP contribution in [-0.4, -0.2) is 27.6 Å². The second-order valence-electron chi connectivity index (χ2n) is 3.62. The van der Waals surface area contributed by atoms with Crippen LogP contribution in [0.4, 0.5) is 0 Å². The normalized spacial score (nSPS) is 10.8. The molecule has 0 aliphatic heterocycles. The highest BCUT2D eigenvalue weighted by atomic mass is 16.5. The van der Waals surface area contributed by atoms with Gasteiger partial charge in [0.2, 0.25) is 0 Å². The van der Waals surface area contributed by atoms with Crippen LogP contribution in [0.3, 0.4) is 0 Å². The van der Waals surface area contributed by atoms with Gasteiger partial charge >= 0.3 is 5.97 Å². The molecule has 0 bridgehead atoms. The van der Waals surface area contributed by atoms with Crippen LogP contribution in [0.25, 0.3) is 0 Å². The number of aryl methyl sites for hydroxylation is 1. The number of rotatable bonds is 5. The number of aromatic carboxylic acids is 1. The fourth-order valence-corrected chi connectivity index (χ4v) is 1.73. The van der Waals surface area contributed by atoms with Crippen LogP contribution in [0.5, 0.6) is 0 Å². The third-order valence-electron chi connectivity index (χ3n) is 2.54. The van der Waals surface area contributed by atoms with Crippen LogP contribution < -0.4 is 0 Å². The lowest BCUT2D eigenvalue weighted by molar-refractivity contribution is -0.0447. The maximum absolute atomic E-state index is 11.0. The molecule has 88 valence electrons. The Labute approximate surface area is 94.2 Å². The van der Waals surface area contributed by atoms with Gasteiger partial charge < -0.3 is 15.3 Å². The Bertz CT molecular complexity index is 371. The first-order chi connectivity index (χ1) is 7.56. The van der Waals surface area contributed by atoms with E-state index in [0.717, 1.165) is 12.0 Å². The van der Waals surface area contributed by atoms with Crippen molar-refractivity contribution in [3.05, 3.63) is 34.9 Å². The summed E-state index contributed by atoms with van der Waals surface area (Å²) in [6.07, 6.45) is -0.148. The predicted octanol–water partition coefficient (Wildman–Crippen LogP) is 1.19. The van der Waals surface area contributed by atoms with E-state index in [1.165, 1.54) is 0 Å². The molecule has 4 nitrogen and oxygen atoms in total. The van der Waals surface area contributed by atoms with Gasteiger partial charge in [-0.1, -0.05) is 19.1 Å². The third kappa shape index (κ3) is 3.05. The summed E-state index contributed by atoms with van der Waals surface area (Å²) in [7, 11) is 0. The number of carboxylic acids is 1. The summed E-state index contributed by atoms with van der Waals surface area (Å²) < 4.78 is 0. The number of hydrogen-bond donors (Lipinski definition) is 3. The van der Waals surface area contributed by atoms with Crippen LogP contribution in [0.2, 0.25) is 0 Å². The molecule has 0 unspecified atom stereocenters. The first-order valence-corrected chi connectivity index (χ1v) is 5.26. The molecule has 1 rings (SSSR count). The largest absolute Gasteiger partial charge is 0.478 e. The van der Waals surface area contributed by atoms with Crippen molar-refractivity contribution in [1.29, 1.82) is 0 Å². The summed E-state index contributed by atoms with van der Waals surface area (Å²) in [5.74, 6) is -0.974. The Kier molecular flexibility index (Phi) is 4.46. The van der Waals surface area contributed by atoms with Crippen LogP contribution in [-0.2, 0) is 12.8 Å². The van der Waals surface area contributed by atoms with Gasteiger partial charge in [0.15, 0.2) is 6.29 Å². The maximum atomic E-state index is 11.0. The monoisotopic (exact) mass is 224 g/mol. The lowest BCUT2D eigenvalue weighted by Crippen LogP contribution is -2.10. The van der Waals surface area contributed by atoms with Crippen LogP contribution >= 0.6 is 0 Å². The molecule has 0 fully saturated rings. The second-order valence-corrected chi connectivity index (χ2v) is 3.62. The van der Waals surface area contributed by atoms with Crippen molar-refractivity contribution >= 4 is 5.97 Å². The molecule has 0 atom stereocenters.